The molecule has 0 aromatic heterocycles. The van der Waals surface area contributed by atoms with Gasteiger partial charge >= 0.3 is 5.97 Å². The van der Waals surface area contributed by atoms with E-state index < -0.39 is 23.1 Å². The summed E-state index contributed by atoms with van der Waals surface area (Å²) in [6.45, 7) is 9.26. The number of ketones is 2. The lowest BCUT2D eigenvalue weighted by molar-refractivity contribution is -0.167. The minimum absolute atomic E-state index is 0.138. The number of carbonyl (C=O) groups excluding carboxylic acids is 3. The lowest BCUT2D eigenvalue weighted by Gasteiger charge is -2.35. The number of nitrogens with zero attached hydrogens (tertiary/aromatic N) is 1. The van der Waals surface area contributed by atoms with Crippen molar-refractivity contribution < 1.29 is 24.2 Å². The highest BCUT2D eigenvalue weighted by molar-refractivity contribution is 6.49. The Kier molecular flexibility index (Phi) is 8.41. The Morgan fingerprint density at radius 3 is 2.47 bits per heavy atom. The van der Waals surface area contributed by atoms with Crippen LogP contribution in [0.5, 0.6) is 5.75 Å². The fraction of sp³-hybridized carbons (Fsp3) is 0.345. The average Bonchev–Trinajstić information content (AvgIpc) is 2.84. The Bertz CT molecular complexity index is 1220. The highest BCUT2D eigenvalue weighted by atomic mass is 35.5. The molecule has 6 nitrogen and oxygen atoms in total. The van der Waals surface area contributed by atoms with Crippen LogP contribution in [0.15, 0.2) is 82.2 Å². The molecule has 0 unspecified atom stereocenters. The number of phenolic OH excluding ortho intramolecular Hbond substituents is 1. The summed E-state index contributed by atoms with van der Waals surface area (Å²) in [4.78, 5) is 40.0. The van der Waals surface area contributed by atoms with Crippen LogP contribution in [0.3, 0.4) is 0 Å². The predicted molar refractivity (Wildman–Crippen MR) is 140 cm³/mol. The highest BCUT2D eigenvalue weighted by Crippen LogP contribution is 2.39. The van der Waals surface area contributed by atoms with Gasteiger partial charge in [-0.3, -0.25) is 14.4 Å². The van der Waals surface area contributed by atoms with Crippen LogP contribution in [-0.2, 0) is 25.5 Å². The number of hydrogen-bond donors (Lipinski definition) is 1. The summed E-state index contributed by atoms with van der Waals surface area (Å²) >= 11 is 6.45. The van der Waals surface area contributed by atoms with Crippen LogP contribution in [0.2, 0.25) is 0 Å². The topological polar surface area (TPSA) is 83.9 Å². The van der Waals surface area contributed by atoms with E-state index in [4.69, 9.17) is 16.3 Å². The van der Waals surface area contributed by atoms with Crippen molar-refractivity contribution in [3.63, 3.8) is 0 Å². The summed E-state index contributed by atoms with van der Waals surface area (Å²) < 4.78 is 5.17. The minimum Gasteiger partial charge on any atom is -0.508 e. The average molecular weight is 510 g/mol. The van der Waals surface area contributed by atoms with Crippen LogP contribution < -0.4 is 0 Å². The third-order valence-electron chi connectivity index (χ3n) is 6.38. The van der Waals surface area contributed by atoms with Crippen molar-refractivity contribution in [2.75, 3.05) is 6.54 Å². The minimum atomic E-state index is -2.00. The van der Waals surface area contributed by atoms with Gasteiger partial charge in [0.15, 0.2) is 0 Å². The molecule has 0 fully saturated rings. The first-order valence-electron chi connectivity index (χ1n) is 12.0. The molecule has 1 aromatic carbocycles. The number of halogens is 1. The third-order valence-corrected chi connectivity index (χ3v) is 6.76. The Hall–Kier alpha value is -3.38. The normalized spacial score (nSPS) is 21.4. The predicted octanol–water partition coefficient (Wildman–Crippen LogP) is 5.53. The molecule has 36 heavy (non-hydrogen) atoms. The second kappa shape index (κ2) is 11.1. The molecule has 0 spiro atoms. The number of Topliss-reactive ketones (excluding diaryl/α,β-unsaturated/α-hetero) is 2. The van der Waals surface area contributed by atoms with E-state index in [1.807, 2.05) is 36.1 Å². The second-order valence-electron chi connectivity index (χ2n) is 9.36. The van der Waals surface area contributed by atoms with Gasteiger partial charge in [0, 0.05) is 36.5 Å². The van der Waals surface area contributed by atoms with Crippen LogP contribution in [0.25, 0.3) is 0 Å². The maximum absolute atomic E-state index is 13.4. The van der Waals surface area contributed by atoms with Gasteiger partial charge in [-0.15, -0.1) is 0 Å². The Labute approximate surface area is 217 Å². The first-order valence-corrected chi connectivity index (χ1v) is 12.4. The van der Waals surface area contributed by atoms with Gasteiger partial charge < -0.3 is 14.7 Å². The third kappa shape index (κ3) is 5.88. The molecule has 190 valence electrons. The van der Waals surface area contributed by atoms with Crippen molar-refractivity contribution in [1.82, 2.24) is 4.90 Å². The van der Waals surface area contributed by atoms with Crippen molar-refractivity contribution in [3.8, 4) is 5.75 Å². The van der Waals surface area contributed by atoms with E-state index in [1.54, 1.807) is 24.4 Å². The number of carbonyl (C=O) groups is 3. The van der Waals surface area contributed by atoms with Gasteiger partial charge in [0.25, 0.3) is 0 Å². The van der Waals surface area contributed by atoms with Crippen molar-refractivity contribution in [3.05, 3.63) is 87.8 Å². The molecule has 0 saturated carbocycles. The number of esters is 1. The molecule has 0 saturated heterocycles. The van der Waals surface area contributed by atoms with Gasteiger partial charge in [0.1, 0.15) is 5.75 Å². The number of hydrogen-bond acceptors (Lipinski definition) is 6. The SMILES string of the molecule is CC[C@H](C)/C=C(C)/C=C/C1=CC2=C(Cl)C(=O)[C@@](C)(OC(C)=O)C(=O)C2=CN1CCc1ccc(O)cc1. The Balaban J connectivity index is 2.03. The van der Waals surface area contributed by atoms with Crippen LogP contribution in [0.1, 0.15) is 46.6 Å². The van der Waals surface area contributed by atoms with Crippen LogP contribution in [0, 0.1) is 5.92 Å². The van der Waals surface area contributed by atoms with Crippen molar-refractivity contribution >= 4 is 29.1 Å². The zero-order valence-corrected chi connectivity index (χ0v) is 22.1. The fourth-order valence-electron chi connectivity index (χ4n) is 4.13. The lowest BCUT2D eigenvalue weighted by atomic mass is 9.79. The number of fused-ring (bicyclic) bond motifs is 1. The number of ether oxygens (including phenoxy) is 1. The molecular weight excluding hydrogens is 478 g/mol. The number of allylic oxidation sites excluding steroid dienone is 6. The summed E-state index contributed by atoms with van der Waals surface area (Å²) in [5.74, 6) is -1.45. The van der Waals surface area contributed by atoms with Gasteiger partial charge in [-0.25, -0.2) is 0 Å². The van der Waals surface area contributed by atoms with E-state index in [1.165, 1.54) is 6.92 Å². The molecule has 1 aliphatic carbocycles. The van der Waals surface area contributed by atoms with E-state index in [0.29, 0.717) is 24.5 Å². The quantitative estimate of drug-likeness (QED) is 0.281. The smallest absolute Gasteiger partial charge is 0.304 e. The summed E-state index contributed by atoms with van der Waals surface area (Å²) in [5.41, 5.74) is 1.41. The number of rotatable bonds is 8. The number of benzene rings is 1. The monoisotopic (exact) mass is 509 g/mol. The van der Waals surface area contributed by atoms with Gasteiger partial charge in [-0.05, 0) is 56.0 Å². The maximum Gasteiger partial charge on any atom is 0.304 e. The van der Waals surface area contributed by atoms with Gasteiger partial charge in [-0.2, -0.15) is 0 Å². The summed E-state index contributed by atoms with van der Waals surface area (Å²) in [7, 11) is 0. The molecule has 3 rings (SSSR count). The first-order chi connectivity index (χ1) is 17.0. The maximum atomic E-state index is 13.4. The summed E-state index contributed by atoms with van der Waals surface area (Å²) in [5, 5.41) is 9.43. The first kappa shape index (κ1) is 27.2. The van der Waals surface area contributed by atoms with Crippen molar-refractivity contribution in [1.29, 1.82) is 0 Å². The fourth-order valence-corrected chi connectivity index (χ4v) is 4.47. The standard InChI is InChI=1S/C29H32ClNO5/c1-6-18(2)15-19(3)7-10-22-16-24-25(17-31(22)14-13-21-8-11-23(33)12-9-21)27(34)29(5,36-20(4)32)28(35)26(24)30/h7-12,15-18,33H,6,13-14H2,1-5H3/b10-7+,19-15+/t18-,29-/m0/s1. The second-order valence-corrected chi connectivity index (χ2v) is 9.74. The molecule has 0 radical (unpaired) electrons. The van der Waals surface area contributed by atoms with Crippen molar-refractivity contribution in [2.45, 2.75) is 53.1 Å². The largest absolute Gasteiger partial charge is 0.508 e. The molecule has 2 atom stereocenters. The lowest BCUT2D eigenvalue weighted by Crippen LogP contribution is -2.52. The molecule has 2 aliphatic rings. The molecule has 7 heteroatoms. The molecule has 1 aromatic rings. The summed E-state index contributed by atoms with van der Waals surface area (Å²) in [6.07, 6.45) is 11.2. The van der Waals surface area contributed by atoms with Crippen molar-refractivity contribution in [2.24, 2.45) is 5.92 Å². The van der Waals surface area contributed by atoms with Gasteiger partial charge in [-0.1, -0.05) is 61.7 Å². The molecule has 0 amide bonds. The molecule has 1 aliphatic heterocycles. The summed E-state index contributed by atoms with van der Waals surface area (Å²) in [6, 6.07) is 6.94. The van der Waals surface area contributed by atoms with Crippen LogP contribution >= 0.6 is 11.6 Å². The van der Waals surface area contributed by atoms with Gasteiger partial charge in [0.05, 0.1) is 5.03 Å². The van der Waals surface area contributed by atoms with E-state index in [9.17, 15) is 19.5 Å². The molecule has 1 heterocycles. The Morgan fingerprint density at radius 2 is 1.86 bits per heavy atom. The van der Waals surface area contributed by atoms with Crippen LogP contribution in [-0.4, -0.2) is 39.7 Å². The molecule has 1 N–H and O–H groups in total. The van der Waals surface area contributed by atoms with E-state index >= 15 is 0 Å². The van der Waals surface area contributed by atoms with E-state index in [0.717, 1.165) is 30.2 Å². The van der Waals surface area contributed by atoms with E-state index in [-0.39, 0.29) is 16.4 Å². The zero-order chi connectivity index (χ0) is 26.6. The number of phenols is 1. The number of aromatic hydroxyl groups is 1. The zero-order valence-electron chi connectivity index (χ0n) is 21.3. The molecular formula is C29H32ClNO5. The van der Waals surface area contributed by atoms with Crippen LogP contribution in [0.4, 0.5) is 0 Å². The highest BCUT2D eigenvalue weighted by Gasteiger charge is 2.52. The Morgan fingerprint density at radius 1 is 1.19 bits per heavy atom. The van der Waals surface area contributed by atoms with Gasteiger partial charge in [0.2, 0.25) is 17.2 Å². The molecule has 0 bridgehead atoms. The van der Waals surface area contributed by atoms with E-state index in [2.05, 4.69) is 19.9 Å².